The zero-order valence-corrected chi connectivity index (χ0v) is 11.4. The van der Waals surface area contributed by atoms with Crippen molar-refractivity contribution in [1.29, 1.82) is 0 Å². The van der Waals surface area contributed by atoms with Crippen LogP contribution in [0, 0.1) is 0 Å². The molecule has 0 radical (unpaired) electrons. The molecule has 0 saturated carbocycles. The Balaban J connectivity index is 1.95. The molecule has 0 amide bonds. The number of nitrogens with two attached hydrogens (primary N) is 1. The lowest BCUT2D eigenvalue weighted by Crippen LogP contribution is -2.44. The summed E-state index contributed by atoms with van der Waals surface area (Å²) in [6.07, 6.45) is 0.972. The molecule has 0 aromatic heterocycles. The highest BCUT2D eigenvalue weighted by atomic mass is 15.2. The lowest BCUT2D eigenvalue weighted by Gasteiger charge is -2.34. The van der Waals surface area contributed by atoms with E-state index in [9.17, 15) is 0 Å². The number of piperazine rings is 1. The number of rotatable bonds is 4. The monoisotopic (exact) mass is 248 g/mol. The summed E-state index contributed by atoms with van der Waals surface area (Å²) in [5.41, 5.74) is 8.28. The molecule has 1 aliphatic heterocycles. The number of nitrogens with one attached hydrogen (secondary N) is 1. The molecule has 4 heteroatoms. The lowest BCUT2D eigenvalue weighted by molar-refractivity contribution is 0.313. The molecule has 18 heavy (non-hydrogen) atoms. The van der Waals surface area contributed by atoms with Crippen molar-refractivity contribution in [3.63, 3.8) is 0 Å². The molecule has 100 valence electrons. The van der Waals surface area contributed by atoms with Crippen LogP contribution in [0.2, 0.25) is 0 Å². The first-order valence-corrected chi connectivity index (χ1v) is 6.74. The Morgan fingerprint density at radius 1 is 1.17 bits per heavy atom. The number of likely N-dealkylation sites (N-methyl/N-ethyl adjacent to an activating group) is 1. The van der Waals surface area contributed by atoms with Crippen molar-refractivity contribution in [2.45, 2.75) is 19.5 Å². The summed E-state index contributed by atoms with van der Waals surface area (Å²) in [7, 11) is 2.18. The molecule has 0 spiro atoms. The van der Waals surface area contributed by atoms with Crippen LogP contribution < -0.4 is 16.0 Å². The van der Waals surface area contributed by atoms with Gasteiger partial charge in [0.1, 0.15) is 0 Å². The average molecular weight is 248 g/mol. The third kappa shape index (κ3) is 3.37. The van der Waals surface area contributed by atoms with E-state index in [2.05, 4.69) is 53.4 Å². The van der Waals surface area contributed by atoms with Gasteiger partial charge in [-0.3, -0.25) is 0 Å². The third-order valence-electron chi connectivity index (χ3n) is 3.53. The Hall–Kier alpha value is -1.26. The number of hydrogen-bond acceptors (Lipinski definition) is 4. The fourth-order valence-electron chi connectivity index (χ4n) is 2.15. The smallest absolute Gasteiger partial charge is 0.0740 e. The van der Waals surface area contributed by atoms with Crippen molar-refractivity contribution in [1.82, 2.24) is 4.90 Å². The maximum atomic E-state index is 5.87. The van der Waals surface area contributed by atoms with Crippen LogP contribution in [0.4, 0.5) is 11.4 Å². The SMILES string of the molecule is CCC(N)Nc1ccc(N2CCN(C)CC2)cc1. The van der Waals surface area contributed by atoms with Crippen LogP contribution in [-0.4, -0.2) is 44.3 Å². The largest absolute Gasteiger partial charge is 0.370 e. The van der Waals surface area contributed by atoms with Gasteiger partial charge in [0, 0.05) is 37.6 Å². The third-order valence-corrected chi connectivity index (χ3v) is 3.53. The van der Waals surface area contributed by atoms with Crippen LogP contribution in [0.25, 0.3) is 0 Å². The number of nitrogens with zero attached hydrogens (tertiary/aromatic N) is 2. The predicted octanol–water partition coefficient (Wildman–Crippen LogP) is 1.55. The number of hydrogen-bond donors (Lipinski definition) is 2. The molecule has 0 bridgehead atoms. The summed E-state index contributed by atoms with van der Waals surface area (Å²) in [6, 6.07) is 8.58. The standard InChI is InChI=1S/C14H24N4/c1-3-14(15)16-12-4-6-13(7-5-12)18-10-8-17(2)9-11-18/h4-7,14,16H,3,8-11,15H2,1-2H3. The summed E-state index contributed by atoms with van der Waals surface area (Å²) in [4.78, 5) is 4.80. The van der Waals surface area contributed by atoms with Crippen molar-refractivity contribution in [2.24, 2.45) is 5.73 Å². The van der Waals surface area contributed by atoms with Crippen LogP contribution in [-0.2, 0) is 0 Å². The fourth-order valence-corrected chi connectivity index (χ4v) is 2.15. The van der Waals surface area contributed by atoms with Gasteiger partial charge in [-0.2, -0.15) is 0 Å². The number of benzene rings is 1. The zero-order chi connectivity index (χ0) is 13.0. The van der Waals surface area contributed by atoms with Gasteiger partial charge in [0.2, 0.25) is 0 Å². The molecular weight excluding hydrogens is 224 g/mol. The Morgan fingerprint density at radius 3 is 2.33 bits per heavy atom. The molecule has 1 fully saturated rings. The quantitative estimate of drug-likeness (QED) is 0.794. The molecule has 1 aliphatic rings. The topological polar surface area (TPSA) is 44.5 Å². The number of anilines is 2. The van der Waals surface area contributed by atoms with Crippen LogP contribution in [0.15, 0.2) is 24.3 Å². The van der Waals surface area contributed by atoms with Crippen molar-refractivity contribution in [3.8, 4) is 0 Å². The first kappa shape index (κ1) is 13.2. The Kier molecular flexibility index (Phi) is 4.44. The van der Waals surface area contributed by atoms with E-state index in [0.717, 1.165) is 38.3 Å². The molecule has 1 aromatic rings. The van der Waals surface area contributed by atoms with E-state index in [-0.39, 0.29) is 6.17 Å². The Morgan fingerprint density at radius 2 is 1.78 bits per heavy atom. The Bertz CT molecular complexity index is 355. The van der Waals surface area contributed by atoms with Crippen LogP contribution in [0.1, 0.15) is 13.3 Å². The van der Waals surface area contributed by atoms with Crippen molar-refractivity contribution in [3.05, 3.63) is 24.3 Å². The minimum Gasteiger partial charge on any atom is -0.370 e. The van der Waals surface area contributed by atoms with Crippen molar-refractivity contribution >= 4 is 11.4 Å². The molecule has 1 saturated heterocycles. The van der Waals surface area contributed by atoms with Gasteiger partial charge in [-0.15, -0.1) is 0 Å². The van der Waals surface area contributed by atoms with Gasteiger partial charge in [0.25, 0.3) is 0 Å². The van der Waals surface area contributed by atoms with E-state index < -0.39 is 0 Å². The molecular formula is C14H24N4. The van der Waals surface area contributed by atoms with E-state index in [1.54, 1.807) is 0 Å². The molecule has 3 N–H and O–H groups in total. The van der Waals surface area contributed by atoms with Gasteiger partial charge in [0.15, 0.2) is 0 Å². The predicted molar refractivity (Wildman–Crippen MR) is 78.0 cm³/mol. The van der Waals surface area contributed by atoms with Gasteiger partial charge in [-0.05, 0) is 37.7 Å². The van der Waals surface area contributed by atoms with E-state index in [1.165, 1.54) is 5.69 Å². The Labute approximate surface area is 110 Å². The highest BCUT2D eigenvalue weighted by Crippen LogP contribution is 2.19. The highest BCUT2D eigenvalue weighted by molar-refractivity contribution is 5.55. The van der Waals surface area contributed by atoms with Crippen molar-refractivity contribution < 1.29 is 0 Å². The molecule has 1 atom stereocenters. The maximum absolute atomic E-state index is 5.87. The van der Waals surface area contributed by atoms with E-state index >= 15 is 0 Å². The summed E-state index contributed by atoms with van der Waals surface area (Å²) >= 11 is 0. The molecule has 4 nitrogen and oxygen atoms in total. The minimum atomic E-state index is 0.0412. The van der Waals surface area contributed by atoms with Gasteiger partial charge >= 0.3 is 0 Å². The normalized spacial score (nSPS) is 18.7. The summed E-state index contributed by atoms with van der Waals surface area (Å²) in [5, 5.41) is 3.28. The van der Waals surface area contributed by atoms with E-state index in [0.29, 0.717) is 0 Å². The fraction of sp³-hybridized carbons (Fsp3) is 0.571. The van der Waals surface area contributed by atoms with Crippen LogP contribution in [0.5, 0.6) is 0 Å². The van der Waals surface area contributed by atoms with Crippen LogP contribution in [0.3, 0.4) is 0 Å². The summed E-state index contributed by atoms with van der Waals surface area (Å²) in [5.74, 6) is 0. The first-order valence-electron chi connectivity index (χ1n) is 6.74. The molecule has 1 aromatic carbocycles. The van der Waals surface area contributed by atoms with Gasteiger partial charge in [0.05, 0.1) is 6.17 Å². The highest BCUT2D eigenvalue weighted by Gasteiger charge is 2.13. The second-order valence-electron chi connectivity index (χ2n) is 5.00. The summed E-state index contributed by atoms with van der Waals surface area (Å²) in [6.45, 7) is 6.58. The molecule has 1 heterocycles. The molecule has 0 aliphatic carbocycles. The second-order valence-corrected chi connectivity index (χ2v) is 5.00. The first-order chi connectivity index (χ1) is 8.69. The van der Waals surface area contributed by atoms with Gasteiger partial charge in [-0.25, -0.2) is 0 Å². The van der Waals surface area contributed by atoms with Crippen LogP contribution >= 0.6 is 0 Å². The van der Waals surface area contributed by atoms with E-state index in [1.807, 2.05) is 0 Å². The lowest BCUT2D eigenvalue weighted by atomic mass is 10.2. The second kappa shape index (κ2) is 6.07. The zero-order valence-electron chi connectivity index (χ0n) is 11.4. The van der Waals surface area contributed by atoms with Gasteiger partial charge in [-0.1, -0.05) is 6.92 Å². The maximum Gasteiger partial charge on any atom is 0.0740 e. The molecule has 2 rings (SSSR count). The molecule has 1 unspecified atom stereocenters. The average Bonchev–Trinajstić information content (AvgIpc) is 2.40. The minimum absolute atomic E-state index is 0.0412. The summed E-state index contributed by atoms with van der Waals surface area (Å²) < 4.78 is 0. The van der Waals surface area contributed by atoms with E-state index in [4.69, 9.17) is 5.73 Å². The van der Waals surface area contributed by atoms with Gasteiger partial charge < -0.3 is 20.9 Å². The van der Waals surface area contributed by atoms with Crippen molar-refractivity contribution in [2.75, 3.05) is 43.4 Å².